The van der Waals surface area contributed by atoms with Crippen molar-refractivity contribution in [2.75, 3.05) is 20.8 Å². The first kappa shape index (κ1) is 35.6. The van der Waals surface area contributed by atoms with Gasteiger partial charge in [0.1, 0.15) is 30.0 Å². The molecule has 2 fully saturated rings. The summed E-state index contributed by atoms with van der Waals surface area (Å²) in [6.07, 6.45) is 1.89. The number of carbonyl (C=O) groups excluding carboxylic acids is 3. The fraction of sp³-hybridized carbons (Fsp3) is 0.559. The number of likely N-dealkylation sites (tertiary alicyclic amines) is 1. The summed E-state index contributed by atoms with van der Waals surface area (Å²) in [6.45, 7) is 14.1. The van der Waals surface area contributed by atoms with Crippen LogP contribution in [0.4, 0.5) is 13.6 Å². The van der Waals surface area contributed by atoms with Crippen molar-refractivity contribution in [2.24, 2.45) is 17.3 Å². The Morgan fingerprint density at radius 3 is 2.43 bits per heavy atom. The fourth-order valence-electron chi connectivity index (χ4n) is 5.95. The number of ether oxygens (including phenoxy) is 4. The van der Waals surface area contributed by atoms with Crippen molar-refractivity contribution in [1.29, 1.82) is 0 Å². The number of nitrogens with zero attached hydrogens (tertiary/aromatic N) is 3. The molecule has 6 atom stereocenters. The molecular weight excluding hydrogens is 614 g/mol. The second kappa shape index (κ2) is 14.2. The molecule has 0 radical (unpaired) electrons. The van der Waals surface area contributed by atoms with E-state index in [-0.39, 0.29) is 29.6 Å². The summed E-state index contributed by atoms with van der Waals surface area (Å²) in [4.78, 5) is 50.3. The molecule has 47 heavy (non-hydrogen) atoms. The van der Waals surface area contributed by atoms with Crippen molar-refractivity contribution in [2.45, 2.75) is 83.6 Å². The first-order chi connectivity index (χ1) is 22.2. The molecule has 2 amide bonds. The molecule has 1 saturated heterocycles. The Kier molecular flexibility index (Phi) is 10.8. The Morgan fingerprint density at radius 2 is 1.83 bits per heavy atom. The smallest absolute Gasteiger partial charge is 0.408 e. The van der Waals surface area contributed by atoms with Gasteiger partial charge in [0, 0.05) is 24.3 Å². The standard InChI is InChI=1S/C34H44F2N4O7/c1-9-12-19-16-24(19)47-32(43)39-28(33(4,5)6)30(41)40-18-25(21(11-3)26(40)31(42)45-8)46-29-27(34(35,36)15-10-2)37-22-14-13-20(44-7)17-23(22)38-29/h9-10,13-14,17,19,21,24-26,28H,1-2,11-12,15-16,18H2,3-8H3,(H,39,43)/t19-,21-,24-,25+,26+,28-/m1/s1. The second-order valence-electron chi connectivity index (χ2n) is 13.0. The summed E-state index contributed by atoms with van der Waals surface area (Å²) in [5.74, 6) is -5.24. The van der Waals surface area contributed by atoms with Gasteiger partial charge in [-0.3, -0.25) is 4.79 Å². The van der Waals surface area contributed by atoms with Gasteiger partial charge in [-0.1, -0.05) is 39.8 Å². The number of methoxy groups -OCH3 is 2. The van der Waals surface area contributed by atoms with Gasteiger partial charge in [0.15, 0.2) is 5.69 Å². The molecule has 1 N–H and O–H groups in total. The third-order valence-corrected chi connectivity index (χ3v) is 8.60. The molecule has 1 aromatic carbocycles. The second-order valence-corrected chi connectivity index (χ2v) is 13.0. The maximum absolute atomic E-state index is 15.5. The van der Waals surface area contributed by atoms with Crippen LogP contribution in [-0.2, 0) is 25.0 Å². The number of allylic oxidation sites excluding steroid dienone is 2. The van der Waals surface area contributed by atoms with Crippen molar-refractivity contribution >= 4 is 29.0 Å². The number of carbonyl (C=O) groups is 3. The van der Waals surface area contributed by atoms with Crippen LogP contribution in [0.5, 0.6) is 11.6 Å². The van der Waals surface area contributed by atoms with E-state index < -0.39 is 71.4 Å². The summed E-state index contributed by atoms with van der Waals surface area (Å²) in [6, 6.07) is 2.42. The molecule has 2 heterocycles. The van der Waals surface area contributed by atoms with Crippen molar-refractivity contribution < 1.29 is 42.1 Å². The van der Waals surface area contributed by atoms with E-state index in [4.69, 9.17) is 18.9 Å². The van der Waals surface area contributed by atoms with Crippen LogP contribution >= 0.6 is 0 Å². The van der Waals surface area contributed by atoms with Crippen molar-refractivity contribution in [3.63, 3.8) is 0 Å². The number of amides is 2. The number of esters is 1. The Bertz CT molecular complexity index is 1510. The van der Waals surface area contributed by atoms with Gasteiger partial charge in [-0.25, -0.2) is 19.6 Å². The number of aromatic nitrogens is 2. The minimum Gasteiger partial charge on any atom is -0.497 e. The van der Waals surface area contributed by atoms with Gasteiger partial charge >= 0.3 is 12.1 Å². The molecule has 256 valence electrons. The van der Waals surface area contributed by atoms with E-state index in [2.05, 4.69) is 28.4 Å². The van der Waals surface area contributed by atoms with Crippen LogP contribution in [0.25, 0.3) is 11.0 Å². The lowest BCUT2D eigenvalue weighted by molar-refractivity contribution is -0.154. The van der Waals surface area contributed by atoms with Gasteiger partial charge in [-0.2, -0.15) is 8.78 Å². The van der Waals surface area contributed by atoms with Crippen molar-refractivity contribution in [3.05, 3.63) is 49.2 Å². The van der Waals surface area contributed by atoms with E-state index >= 15 is 8.78 Å². The van der Waals surface area contributed by atoms with Gasteiger partial charge in [0.25, 0.3) is 5.92 Å². The molecule has 1 aliphatic carbocycles. The number of halogens is 2. The van der Waals surface area contributed by atoms with E-state index in [0.717, 1.165) is 6.08 Å². The summed E-state index contributed by atoms with van der Waals surface area (Å²) in [5, 5.41) is 2.70. The zero-order valence-corrected chi connectivity index (χ0v) is 27.8. The first-order valence-corrected chi connectivity index (χ1v) is 15.7. The van der Waals surface area contributed by atoms with Crippen LogP contribution in [0.1, 0.15) is 59.1 Å². The number of alkyl carbamates (subject to hydrolysis) is 1. The van der Waals surface area contributed by atoms with Crippen LogP contribution < -0.4 is 14.8 Å². The van der Waals surface area contributed by atoms with Crippen molar-refractivity contribution in [3.8, 4) is 11.6 Å². The highest BCUT2D eigenvalue weighted by Gasteiger charge is 2.52. The zero-order chi connectivity index (χ0) is 34.7. The molecule has 0 spiro atoms. The minimum atomic E-state index is -3.48. The lowest BCUT2D eigenvalue weighted by Gasteiger charge is -2.35. The Balaban J connectivity index is 1.69. The summed E-state index contributed by atoms with van der Waals surface area (Å²) in [7, 11) is 2.67. The number of alkyl halides is 2. The predicted molar refractivity (Wildman–Crippen MR) is 170 cm³/mol. The molecule has 1 aliphatic heterocycles. The number of rotatable bonds is 13. The maximum Gasteiger partial charge on any atom is 0.408 e. The molecule has 11 nitrogen and oxygen atoms in total. The highest BCUT2D eigenvalue weighted by atomic mass is 19.3. The van der Waals surface area contributed by atoms with Crippen LogP contribution in [-0.4, -0.2) is 77.9 Å². The molecule has 2 aromatic rings. The maximum atomic E-state index is 15.5. The van der Waals surface area contributed by atoms with E-state index in [1.165, 1.54) is 25.2 Å². The lowest BCUT2D eigenvalue weighted by atomic mass is 9.85. The number of nitrogens with one attached hydrogen (secondary N) is 1. The quantitative estimate of drug-likeness (QED) is 0.217. The number of fused-ring (bicyclic) bond motifs is 1. The van der Waals surface area contributed by atoms with Crippen LogP contribution in [0.2, 0.25) is 0 Å². The Morgan fingerprint density at radius 1 is 1.11 bits per heavy atom. The third-order valence-electron chi connectivity index (χ3n) is 8.60. The summed E-state index contributed by atoms with van der Waals surface area (Å²) < 4.78 is 53.0. The van der Waals surface area contributed by atoms with Crippen LogP contribution in [0.3, 0.4) is 0 Å². The topological polar surface area (TPSA) is 129 Å². The Hall–Kier alpha value is -4.29. The molecule has 2 aliphatic rings. The SMILES string of the molecule is C=CC[C@@H]1C[C@H]1OC(=O)N[C@H](C(=O)N1C[C@H](Oc2nc3cc(OC)ccc3nc2C(F)(F)CC=C)[C@@H](CC)[C@H]1C(=O)OC)C(C)(C)C. The number of hydrogen-bond donors (Lipinski definition) is 1. The van der Waals surface area contributed by atoms with E-state index in [9.17, 15) is 14.4 Å². The molecule has 0 unspecified atom stereocenters. The number of hydrogen-bond acceptors (Lipinski definition) is 9. The van der Waals surface area contributed by atoms with E-state index in [1.54, 1.807) is 45.9 Å². The molecular formula is C34H44F2N4O7. The third kappa shape index (κ3) is 7.82. The molecule has 4 rings (SSSR count). The normalized spacial score (nSPS) is 23.1. The predicted octanol–water partition coefficient (Wildman–Crippen LogP) is 5.57. The van der Waals surface area contributed by atoms with Crippen LogP contribution in [0.15, 0.2) is 43.5 Å². The van der Waals surface area contributed by atoms with E-state index in [0.29, 0.717) is 25.0 Å². The molecule has 1 aromatic heterocycles. The van der Waals surface area contributed by atoms with E-state index in [1.807, 2.05) is 0 Å². The molecule has 0 bridgehead atoms. The van der Waals surface area contributed by atoms with Gasteiger partial charge in [0.05, 0.1) is 31.8 Å². The van der Waals surface area contributed by atoms with Crippen molar-refractivity contribution in [1.82, 2.24) is 20.2 Å². The average molecular weight is 659 g/mol. The highest BCUT2D eigenvalue weighted by Crippen LogP contribution is 2.41. The van der Waals surface area contributed by atoms with Gasteiger partial charge < -0.3 is 29.2 Å². The Labute approximate surface area is 273 Å². The van der Waals surface area contributed by atoms with Crippen LogP contribution in [0, 0.1) is 17.3 Å². The molecule has 1 saturated carbocycles. The lowest BCUT2D eigenvalue weighted by Crippen LogP contribution is -2.57. The first-order valence-electron chi connectivity index (χ1n) is 15.7. The van der Waals surface area contributed by atoms with Gasteiger partial charge in [-0.15, -0.1) is 13.2 Å². The average Bonchev–Trinajstić information content (AvgIpc) is 3.64. The summed E-state index contributed by atoms with van der Waals surface area (Å²) in [5.41, 5.74) is -1.05. The number of benzene rings is 1. The largest absolute Gasteiger partial charge is 0.497 e. The van der Waals surface area contributed by atoms with Gasteiger partial charge in [-0.05, 0) is 36.8 Å². The fourth-order valence-corrected chi connectivity index (χ4v) is 5.95. The summed E-state index contributed by atoms with van der Waals surface area (Å²) >= 11 is 0. The van der Waals surface area contributed by atoms with Gasteiger partial charge in [0.2, 0.25) is 11.8 Å². The highest BCUT2D eigenvalue weighted by molar-refractivity contribution is 5.91. The zero-order valence-electron chi connectivity index (χ0n) is 27.8. The minimum absolute atomic E-state index is 0.172. The molecule has 13 heteroatoms. The monoisotopic (exact) mass is 658 g/mol.